The molecule has 5 rings (SSSR count). The number of furan rings is 1. The van der Waals surface area contributed by atoms with Crippen molar-refractivity contribution in [2.24, 2.45) is 0 Å². The van der Waals surface area contributed by atoms with Crippen LogP contribution in [-0.2, 0) is 11.2 Å². The summed E-state index contributed by atoms with van der Waals surface area (Å²) in [5.74, 6) is 0.0823. The molecule has 0 aliphatic heterocycles. The Bertz CT molecular complexity index is 1510. The molecule has 0 atom stereocenters. The summed E-state index contributed by atoms with van der Waals surface area (Å²) in [7, 11) is 0. The van der Waals surface area contributed by atoms with Crippen LogP contribution in [0.4, 0.5) is 5.69 Å². The van der Waals surface area contributed by atoms with Gasteiger partial charge in [-0.05, 0) is 36.4 Å². The van der Waals surface area contributed by atoms with E-state index in [1.54, 1.807) is 30.5 Å². The van der Waals surface area contributed by atoms with Crippen molar-refractivity contribution in [2.75, 3.05) is 5.32 Å². The van der Waals surface area contributed by atoms with Crippen LogP contribution >= 0.6 is 27.5 Å². The maximum absolute atomic E-state index is 12.6. The Morgan fingerprint density at radius 1 is 1.23 bits per heavy atom. The van der Waals surface area contributed by atoms with Gasteiger partial charge in [-0.1, -0.05) is 27.5 Å². The smallest absolute Gasteiger partial charge is 0.294 e. The van der Waals surface area contributed by atoms with Crippen LogP contribution < -0.4 is 10.9 Å². The van der Waals surface area contributed by atoms with Crippen LogP contribution in [0.15, 0.2) is 62.6 Å². The standard InChI is InChI=1S/C21H13BrClN5O3/c22-10-1-4-16-14(5-10)18-19(31-16)21(30)28-20(27-18)13-3-2-11(6-15(13)23)26-17(29)7-12-8-24-9-25-12/h1-6,8-9H,7H2,(H,24,25)(H,26,29)(H,27,28,30). The summed E-state index contributed by atoms with van der Waals surface area (Å²) >= 11 is 9.88. The first-order valence-electron chi connectivity index (χ1n) is 9.17. The predicted molar refractivity (Wildman–Crippen MR) is 121 cm³/mol. The quantitative estimate of drug-likeness (QED) is 0.333. The molecule has 0 radical (unpaired) electrons. The second-order valence-corrected chi connectivity index (χ2v) is 8.14. The minimum Gasteiger partial charge on any atom is -0.449 e. The molecule has 1 amide bonds. The Balaban J connectivity index is 1.49. The third kappa shape index (κ3) is 3.73. The van der Waals surface area contributed by atoms with E-state index in [1.807, 2.05) is 12.1 Å². The van der Waals surface area contributed by atoms with Crippen LogP contribution in [0.3, 0.4) is 0 Å². The molecule has 2 aromatic carbocycles. The molecule has 5 aromatic rings. The van der Waals surface area contributed by atoms with Crippen molar-refractivity contribution in [1.82, 2.24) is 19.9 Å². The van der Waals surface area contributed by atoms with Gasteiger partial charge in [0.2, 0.25) is 11.5 Å². The lowest BCUT2D eigenvalue weighted by atomic mass is 10.1. The number of carbonyl (C=O) groups excluding carboxylic acids is 1. The number of amides is 1. The third-order valence-electron chi connectivity index (χ3n) is 4.69. The number of hydrogen-bond acceptors (Lipinski definition) is 5. The topological polar surface area (TPSA) is 117 Å². The van der Waals surface area contributed by atoms with Crippen LogP contribution in [0.25, 0.3) is 33.5 Å². The average Bonchev–Trinajstić information content (AvgIpc) is 3.36. The van der Waals surface area contributed by atoms with Crippen LogP contribution in [-0.4, -0.2) is 25.8 Å². The predicted octanol–water partition coefficient (Wildman–Crippen LogP) is 4.66. The molecule has 8 nitrogen and oxygen atoms in total. The van der Waals surface area contributed by atoms with E-state index < -0.39 is 5.56 Å². The molecule has 154 valence electrons. The molecule has 0 saturated carbocycles. The van der Waals surface area contributed by atoms with E-state index in [4.69, 9.17) is 16.0 Å². The molecule has 0 saturated heterocycles. The number of aromatic nitrogens is 4. The van der Waals surface area contributed by atoms with Crippen molar-refractivity contribution in [3.63, 3.8) is 0 Å². The van der Waals surface area contributed by atoms with Gasteiger partial charge >= 0.3 is 0 Å². The monoisotopic (exact) mass is 497 g/mol. The molecule has 0 aliphatic rings. The highest BCUT2D eigenvalue weighted by Gasteiger charge is 2.16. The molecule has 0 bridgehead atoms. The van der Waals surface area contributed by atoms with E-state index in [1.165, 1.54) is 6.33 Å². The Morgan fingerprint density at radius 2 is 2.10 bits per heavy atom. The summed E-state index contributed by atoms with van der Waals surface area (Å²) in [6, 6.07) is 10.4. The summed E-state index contributed by atoms with van der Waals surface area (Å²) < 4.78 is 6.50. The number of carbonyl (C=O) groups is 1. The maximum atomic E-state index is 12.6. The normalized spacial score (nSPS) is 11.3. The zero-order valence-electron chi connectivity index (χ0n) is 15.7. The largest absolute Gasteiger partial charge is 0.449 e. The number of nitrogens with zero attached hydrogens (tertiary/aromatic N) is 2. The number of fused-ring (bicyclic) bond motifs is 3. The van der Waals surface area contributed by atoms with E-state index >= 15 is 0 Å². The molecule has 0 unspecified atom stereocenters. The lowest BCUT2D eigenvalue weighted by Gasteiger charge is -2.08. The second-order valence-electron chi connectivity index (χ2n) is 6.81. The van der Waals surface area contributed by atoms with Gasteiger partial charge in [0.25, 0.3) is 5.56 Å². The summed E-state index contributed by atoms with van der Waals surface area (Å²) in [5, 5.41) is 3.82. The molecule has 0 fully saturated rings. The van der Waals surface area contributed by atoms with Crippen LogP contribution in [0, 0.1) is 0 Å². The van der Waals surface area contributed by atoms with Crippen molar-refractivity contribution in [2.45, 2.75) is 6.42 Å². The van der Waals surface area contributed by atoms with Gasteiger partial charge in [0.15, 0.2) is 0 Å². The number of imidazole rings is 1. The molecule has 0 spiro atoms. The zero-order valence-corrected chi connectivity index (χ0v) is 18.0. The van der Waals surface area contributed by atoms with Gasteiger partial charge in [0.1, 0.15) is 16.9 Å². The molecular weight excluding hydrogens is 486 g/mol. The summed E-state index contributed by atoms with van der Waals surface area (Å²) in [4.78, 5) is 38.9. The number of hydrogen-bond donors (Lipinski definition) is 3. The molecular formula is C21H13BrClN5O3. The highest BCUT2D eigenvalue weighted by Crippen LogP contribution is 2.32. The van der Waals surface area contributed by atoms with E-state index in [0.29, 0.717) is 38.9 Å². The molecule has 3 N–H and O–H groups in total. The Hall–Kier alpha value is -3.43. The van der Waals surface area contributed by atoms with Crippen molar-refractivity contribution in [3.05, 3.63) is 74.5 Å². The van der Waals surface area contributed by atoms with Gasteiger partial charge in [0.05, 0.1) is 23.5 Å². The maximum Gasteiger partial charge on any atom is 0.294 e. The minimum atomic E-state index is -0.403. The first-order chi connectivity index (χ1) is 15.0. The fourth-order valence-corrected chi connectivity index (χ4v) is 3.93. The Kier molecular flexibility index (Phi) is 4.84. The Labute approximate surface area is 187 Å². The van der Waals surface area contributed by atoms with E-state index in [9.17, 15) is 9.59 Å². The number of anilines is 1. The molecule has 3 heterocycles. The highest BCUT2D eigenvalue weighted by atomic mass is 79.9. The first kappa shape index (κ1) is 19.5. The summed E-state index contributed by atoms with van der Waals surface area (Å²) in [6.07, 6.45) is 3.31. The van der Waals surface area contributed by atoms with Crippen molar-refractivity contribution in [3.8, 4) is 11.4 Å². The van der Waals surface area contributed by atoms with Crippen LogP contribution in [0.1, 0.15) is 5.69 Å². The fraction of sp³-hybridized carbons (Fsp3) is 0.0476. The van der Waals surface area contributed by atoms with Gasteiger partial charge in [-0.2, -0.15) is 0 Å². The van der Waals surface area contributed by atoms with Gasteiger partial charge in [0, 0.05) is 27.3 Å². The van der Waals surface area contributed by atoms with Crippen molar-refractivity contribution in [1.29, 1.82) is 0 Å². The summed E-state index contributed by atoms with van der Waals surface area (Å²) in [5.41, 5.74) is 2.44. The van der Waals surface area contributed by atoms with Crippen LogP contribution in [0.2, 0.25) is 5.02 Å². The lowest BCUT2D eigenvalue weighted by molar-refractivity contribution is -0.115. The molecule has 31 heavy (non-hydrogen) atoms. The number of aromatic amines is 2. The lowest BCUT2D eigenvalue weighted by Crippen LogP contribution is -2.14. The molecule has 0 aliphatic carbocycles. The van der Waals surface area contributed by atoms with Crippen LogP contribution in [0.5, 0.6) is 0 Å². The number of nitrogens with one attached hydrogen (secondary N) is 3. The number of H-pyrrole nitrogens is 2. The van der Waals surface area contributed by atoms with Gasteiger partial charge in [-0.3, -0.25) is 9.59 Å². The van der Waals surface area contributed by atoms with Gasteiger partial charge < -0.3 is 19.7 Å². The fourth-order valence-electron chi connectivity index (χ4n) is 3.30. The van der Waals surface area contributed by atoms with E-state index in [0.717, 1.165) is 9.86 Å². The summed E-state index contributed by atoms with van der Waals surface area (Å²) in [6.45, 7) is 0. The first-order valence-corrected chi connectivity index (χ1v) is 10.3. The highest BCUT2D eigenvalue weighted by molar-refractivity contribution is 9.10. The number of benzene rings is 2. The second kappa shape index (κ2) is 7.68. The van der Waals surface area contributed by atoms with Crippen molar-refractivity contribution < 1.29 is 9.21 Å². The Morgan fingerprint density at radius 3 is 2.87 bits per heavy atom. The average molecular weight is 499 g/mol. The zero-order chi connectivity index (χ0) is 21.5. The minimum absolute atomic E-state index is 0.136. The molecule has 10 heteroatoms. The van der Waals surface area contributed by atoms with Gasteiger partial charge in [-0.15, -0.1) is 0 Å². The molecule has 3 aromatic heterocycles. The third-order valence-corrected chi connectivity index (χ3v) is 5.50. The number of rotatable bonds is 4. The van der Waals surface area contributed by atoms with Gasteiger partial charge in [-0.25, -0.2) is 9.97 Å². The number of halogens is 2. The van der Waals surface area contributed by atoms with E-state index in [-0.39, 0.29) is 17.9 Å². The van der Waals surface area contributed by atoms with E-state index in [2.05, 4.69) is 41.2 Å². The van der Waals surface area contributed by atoms with Crippen molar-refractivity contribution >= 4 is 61.2 Å². The SMILES string of the molecule is O=C(Cc1c[nH]cn1)Nc1ccc(-c2nc3c(oc4ccc(Br)cc43)c(=O)[nH]2)c(Cl)c1.